The molecule has 0 radical (unpaired) electrons. The number of amides is 3. The average molecular weight is 882 g/mol. The Morgan fingerprint density at radius 1 is 0.688 bits per heavy atom. The van der Waals surface area contributed by atoms with Gasteiger partial charge in [0.05, 0.1) is 6.61 Å². The molecule has 2 saturated heterocycles. The summed E-state index contributed by atoms with van der Waals surface area (Å²) in [4.78, 5) is 52.0. The minimum absolute atomic E-state index is 0.00526. The van der Waals surface area contributed by atoms with E-state index in [0.717, 1.165) is 82.4 Å². The zero-order chi connectivity index (χ0) is 45.3. The van der Waals surface area contributed by atoms with Crippen LogP contribution in [-0.2, 0) is 63.6 Å². The number of fused-ring (bicyclic) bond motifs is 6. The lowest BCUT2D eigenvalue weighted by atomic mass is 9.75. The molecule has 13 nitrogen and oxygen atoms in total. The molecule has 2 fully saturated rings. The van der Waals surface area contributed by atoms with Crippen molar-refractivity contribution in [2.24, 2.45) is 37.8 Å². The predicted octanol–water partition coefficient (Wildman–Crippen LogP) is 6.97. The number of hydrogen-bond acceptors (Lipinski definition) is 7. The highest BCUT2D eigenvalue weighted by molar-refractivity contribution is 6.00. The monoisotopic (exact) mass is 882 g/mol. The molecule has 8 rings (SSSR count). The molecule has 348 valence electrons. The van der Waals surface area contributed by atoms with Gasteiger partial charge >= 0.3 is 5.97 Å². The average Bonchev–Trinajstić information content (AvgIpc) is 3.76. The third kappa shape index (κ3) is 11.0. The lowest BCUT2D eigenvalue weighted by Crippen LogP contribution is -2.30. The highest BCUT2D eigenvalue weighted by atomic mass is 16.5. The fourth-order valence-corrected chi connectivity index (χ4v) is 11.0. The number of carbonyl (C=O) groups is 4. The number of nitrogens with zero attached hydrogens (tertiary/aromatic N) is 4. The van der Waals surface area contributed by atoms with Crippen molar-refractivity contribution in [3.8, 4) is 0 Å². The number of carboxylic acids is 1. The smallest absolute Gasteiger partial charge is 0.303 e. The summed E-state index contributed by atoms with van der Waals surface area (Å²) in [6, 6.07) is 12.2. The molecule has 2 aromatic heterocycles. The van der Waals surface area contributed by atoms with Gasteiger partial charge in [0.15, 0.2) is 0 Å². The van der Waals surface area contributed by atoms with E-state index in [9.17, 15) is 19.2 Å². The summed E-state index contributed by atoms with van der Waals surface area (Å²) < 4.78 is 20.7. The van der Waals surface area contributed by atoms with E-state index in [-0.39, 0.29) is 24.1 Å². The minimum atomic E-state index is -0.827. The van der Waals surface area contributed by atoms with Crippen LogP contribution in [0, 0.1) is 23.7 Å². The molecule has 3 amide bonds. The largest absolute Gasteiger partial charge is 0.481 e. The molecular formula is C51H71N5O8. The molecule has 2 aliphatic carbocycles. The first-order valence-electron chi connectivity index (χ1n) is 23.8. The van der Waals surface area contributed by atoms with Crippen molar-refractivity contribution in [3.05, 3.63) is 70.0 Å². The maximum atomic E-state index is 13.1. The maximum absolute atomic E-state index is 13.1. The van der Waals surface area contributed by atoms with E-state index >= 15 is 0 Å². The lowest BCUT2D eigenvalue weighted by Gasteiger charge is -2.33. The minimum Gasteiger partial charge on any atom is -0.481 e. The van der Waals surface area contributed by atoms with Gasteiger partial charge in [-0.3, -0.25) is 19.2 Å². The number of nitrogens with one attached hydrogen (secondary N) is 1. The summed E-state index contributed by atoms with van der Waals surface area (Å²) in [5.74, 6) is 2.03. The predicted molar refractivity (Wildman–Crippen MR) is 249 cm³/mol. The van der Waals surface area contributed by atoms with Gasteiger partial charge in [-0.2, -0.15) is 0 Å². The second-order valence-corrected chi connectivity index (χ2v) is 18.7. The summed E-state index contributed by atoms with van der Waals surface area (Å²) in [7, 11) is 9.46. The van der Waals surface area contributed by atoms with Crippen LogP contribution in [0.2, 0.25) is 0 Å². The van der Waals surface area contributed by atoms with E-state index in [0.29, 0.717) is 62.9 Å². The van der Waals surface area contributed by atoms with Crippen LogP contribution in [0.3, 0.4) is 0 Å². The van der Waals surface area contributed by atoms with E-state index < -0.39 is 5.97 Å². The number of aryl methyl sites for hydroxylation is 2. The van der Waals surface area contributed by atoms with Crippen LogP contribution in [0.4, 0.5) is 0 Å². The van der Waals surface area contributed by atoms with Gasteiger partial charge in [0.2, 0.25) is 5.91 Å². The third-order valence-corrected chi connectivity index (χ3v) is 14.8. The Balaban J connectivity index is 0.000000193. The normalized spacial score (nSPS) is 19.1. The molecule has 0 bridgehead atoms. The standard InChI is InChI=1S/C27H39N3O4.C24H32N2O4/c1-29(13-4-5-26(31)28-12-16-33-3)27(32)21-7-9-25-23(18-21)22-17-20(6-8-24(22)30(25)2)19-10-14-34-15-11-19;1-25(11-3-4-23(27)28)24(29)18-6-8-22-20(15-18)19-14-17(5-7-21(19)26(22)2)16-9-12-30-13-10-16/h7,9,18-20H,4-6,8,10-17H2,1-3H3,(H,28,31);6,8,15-17H,3-5,7,9-14H2,1-2H3,(H,27,28)/t20-;17-/m11/s1. The highest BCUT2D eigenvalue weighted by Crippen LogP contribution is 2.41. The Morgan fingerprint density at radius 3 is 1.58 bits per heavy atom. The van der Waals surface area contributed by atoms with E-state index in [4.69, 9.17) is 19.3 Å². The van der Waals surface area contributed by atoms with Crippen LogP contribution < -0.4 is 5.32 Å². The molecule has 64 heavy (non-hydrogen) atoms. The summed E-state index contributed by atoms with van der Waals surface area (Å²) in [6.07, 6.45) is 13.1. The Kier molecular flexibility index (Phi) is 16.2. The fraction of sp³-hybridized carbons (Fsp3) is 0.608. The molecule has 0 saturated carbocycles. The highest BCUT2D eigenvalue weighted by Gasteiger charge is 2.33. The van der Waals surface area contributed by atoms with Gasteiger partial charge in [-0.1, -0.05) is 0 Å². The summed E-state index contributed by atoms with van der Waals surface area (Å²) in [6.45, 7) is 5.57. The molecule has 2 atom stereocenters. The Labute approximate surface area is 378 Å². The van der Waals surface area contributed by atoms with Crippen molar-refractivity contribution in [1.29, 1.82) is 0 Å². The third-order valence-electron chi connectivity index (χ3n) is 14.8. The number of aliphatic carboxylic acids is 1. The first-order valence-corrected chi connectivity index (χ1v) is 23.8. The molecule has 2 N–H and O–H groups in total. The number of rotatable bonds is 15. The molecule has 4 aromatic rings. The molecule has 2 aliphatic heterocycles. The molecule has 0 spiro atoms. The fourth-order valence-electron chi connectivity index (χ4n) is 11.0. The number of hydrogen-bond donors (Lipinski definition) is 2. The molecular weight excluding hydrogens is 811 g/mol. The van der Waals surface area contributed by atoms with Crippen LogP contribution in [0.5, 0.6) is 0 Å². The molecule has 4 aliphatic rings. The van der Waals surface area contributed by atoms with Gasteiger partial charge in [-0.05, 0) is 148 Å². The second kappa shape index (κ2) is 22.0. The number of benzene rings is 2. The van der Waals surface area contributed by atoms with Crippen molar-refractivity contribution in [1.82, 2.24) is 24.3 Å². The Bertz CT molecular complexity index is 2270. The van der Waals surface area contributed by atoms with Gasteiger partial charge in [0.1, 0.15) is 0 Å². The second-order valence-electron chi connectivity index (χ2n) is 18.7. The van der Waals surface area contributed by atoms with Crippen LogP contribution >= 0.6 is 0 Å². The van der Waals surface area contributed by atoms with E-state index in [1.165, 1.54) is 70.0 Å². The Hall–Kier alpha value is -4.72. The van der Waals surface area contributed by atoms with E-state index in [1.807, 2.05) is 19.2 Å². The van der Waals surface area contributed by atoms with Crippen molar-refractivity contribution < 1.29 is 38.5 Å². The molecule has 2 aromatic carbocycles. The summed E-state index contributed by atoms with van der Waals surface area (Å²) in [5, 5.41) is 14.1. The first kappa shape index (κ1) is 47.2. The first-order chi connectivity index (χ1) is 30.9. The molecule has 4 heterocycles. The van der Waals surface area contributed by atoms with E-state index in [2.05, 4.69) is 52.8 Å². The topological polar surface area (TPSA) is 145 Å². The number of methoxy groups -OCH3 is 1. The van der Waals surface area contributed by atoms with Gasteiger partial charge in [-0.15, -0.1) is 0 Å². The van der Waals surface area contributed by atoms with Crippen LogP contribution in [0.15, 0.2) is 36.4 Å². The van der Waals surface area contributed by atoms with Gasteiger partial charge in [-0.25, -0.2) is 0 Å². The zero-order valence-electron chi connectivity index (χ0n) is 38.9. The van der Waals surface area contributed by atoms with Crippen LogP contribution in [0.1, 0.15) is 107 Å². The van der Waals surface area contributed by atoms with E-state index in [1.54, 1.807) is 24.0 Å². The number of carbonyl (C=O) groups excluding carboxylic acids is 3. The number of aromatic nitrogens is 2. The van der Waals surface area contributed by atoms with Crippen molar-refractivity contribution >= 4 is 45.5 Å². The molecule has 13 heteroatoms. The van der Waals surface area contributed by atoms with Crippen LogP contribution in [-0.4, -0.2) is 122 Å². The number of carboxylic acid groups (broad SMARTS) is 1. The SMILES string of the molecule is CN(CCCC(=O)O)C(=O)c1ccc2c(c1)c1c(n2C)CC[C@@H](C2CCOCC2)C1.COCCNC(=O)CCCN(C)C(=O)c1ccc2c(c1)c1c(n2C)CC[C@@H](C2CCOCC2)C1. The Morgan fingerprint density at radius 2 is 1.14 bits per heavy atom. The summed E-state index contributed by atoms with van der Waals surface area (Å²) >= 11 is 0. The lowest BCUT2D eigenvalue weighted by molar-refractivity contribution is -0.137. The van der Waals surface area contributed by atoms with Crippen molar-refractivity contribution in [3.63, 3.8) is 0 Å². The van der Waals surface area contributed by atoms with Gasteiger partial charge < -0.3 is 43.6 Å². The van der Waals surface area contributed by atoms with Gasteiger partial charge in [0.25, 0.3) is 11.8 Å². The maximum Gasteiger partial charge on any atom is 0.303 e. The van der Waals surface area contributed by atoms with Crippen molar-refractivity contribution in [2.45, 2.75) is 89.9 Å². The number of ether oxygens (including phenoxy) is 3. The van der Waals surface area contributed by atoms with Crippen LogP contribution in [0.25, 0.3) is 21.8 Å². The summed E-state index contributed by atoms with van der Waals surface area (Å²) in [5.41, 5.74) is 9.50. The molecule has 0 unspecified atom stereocenters. The zero-order valence-corrected chi connectivity index (χ0v) is 38.9. The van der Waals surface area contributed by atoms with Gasteiger partial charge in [0, 0.05) is 139 Å². The quantitative estimate of drug-likeness (QED) is 0.122. The van der Waals surface area contributed by atoms with Crippen molar-refractivity contribution in [2.75, 3.05) is 73.9 Å².